The highest BCUT2D eigenvalue weighted by Gasteiger charge is 2.22. The molecule has 7 nitrogen and oxygen atoms in total. The van der Waals surface area contributed by atoms with Crippen LogP contribution in [0.15, 0.2) is 40.6 Å². The molecule has 0 aliphatic heterocycles. The number of phenols is 1. The zero-order valence-corrected chi connectivity index (χ0v) is 15.0. The summed E-state index contributed by atoms with van der Waals surface area (Å²) in [6.45, 7) is 5.86. The van der Waals surface area contributed by atoms with Gasteiger partial charge in [-0.3, -0.25) is 10.1 Å². The fourth-order valence-electron chi connectivity index (χ4n) is 2.16. The summed E-state index contributed by atoms with van der Waals surface area (Å²) in [7, 11) is 1.52. The highest BCUT2D eigenvalue weighted by Crippen LogP contribution is 2.42. The molecular formula is C17H18ClN3O4. The number of aromatic hydroxyl groups is 1. The third kappa shape index (κ3) is 4.24. The first kappa shape index (κ1) is 18.7. The Morgan fingerprint density at radius 3 is 2.32 bits per heavy atom. The topological polar surface area (TPSA) is 97.3 Å². The van der Waals surface area contributed by atoms with Crippen LogP contribution >= 0.6 is 11.6 Å². The van der Waals surface area contributed by atoms with Gasteiger partial charge in [-0.2, -0.15) is 0 Å². The van der Waals surface area contributed by atoms with Gasteiger partial charge in [-0.05, 0) is 17.5 Å². The van der Waals surface area contributed by atoms with E-state index in [9.17, 15) is 15.2 Å². The number of nitro groups is 1. The zero-order chi connectivity index (χ0) is 18.8. The second kappa shape index (κ2) is 7.06. The number of nitro benzene ring substituents is 1. The van der Waals surface area contributed by atoms with Gasteiger partial charge in [0.1, 0.15) is 22.9 Å². The van der Waals surface area contributed by atoms with Gasteiger partial charge in [-0.1, -0.05) is 32.4 Å². The van der Waals surface area contributed by atoms with Crippen molar-refractivity contribution in [2.75, 3.05) is 7.11 Å². The van der Waals surface area contributed by atoms with Gasteiger partial charge < -0.3 is 9.84 Å². The van der Waals surface area contributed by atoms with E-state index in [4.69, 9.17) is 16.3 Å². The van der Waals surface area contributed by atoms with Gasteiger partial charge in [0.2, 0.25) is 0 Å². The summed E-state index contributed by atoms with van der Waals surface area (Å²) < 4.78 is 5.25. The van der Waals surface area contributed by atoms with Crippen molar-refractivity contribution in [2.24, 2.45) is 10.2 Å². The number of azo groups is 1. The predicted molar refractivity (Wildman–Crippen MR) is 95.6 cm³/mol. The second-order valence-electron chi connectivity index (χ2n) is 6.39. The smallest absolute Gasteiger partial charge is 0.271 e. The molecule has 0 fully saturated rings. The number of benzene rings is 2. The van der Waals surface area contributed by atoms with Crippen LogP contribution in [-0.4, -0.2) is 17.1 Å². The molecule has 0 aliphatic rings. The molecule has 8 heteroatoms. The monoisotopic (exact) mass is 363 g/mol. The van der Waals surface area contributed by atoms with Crippen molar-refractivity contribution in [3.8, 4) is 11.5 Å². The van der Waals surface area contributed by atoms with Crippen LogP contribution in [0.2, 0.25) is 5.02 Å². The van der Waals surface area contributed by atoms with Crippen LogP contribution < -0.4 is 4.74 Å². The number of phenolic OH excluding ortho intramolecular Hbond substituents is 1. The molecule has 0 heterocycles. The standard InChI is InChI=1S/C17H18ClN3O4/c1-17(2,3)12-8-11(25-4)9-15(16(12)22)20-19-14-6-5-10(21(23)24)7-13(14)18/h5-9,22H,1-4H3. The average Bonchev–Trinajstić information content (AvgIpc) is 2.53. The minimum absolute atomic E-state index is 0.00455. The number of methoxy groups -OCH3 is 1. The first-order valence-electron chi connectivity index (χ1n) is 7.40. The first-order chi connectivity index (χ1) is 11.6. The Labute approximate surface area is 150 Å². The maximum atomic E-state index is 10.7. The van der Waals surface area contributed by atoms with Gasteiger partial charge in [0.15, 0.2) is 0 Å². The molecule has 25 heavy (non-hydrogen) atoms. The van der Waals surface area contributed by atoms with Crippen molar-refractivity contribution in [1.29, 1.82) is 0 Å². The second-order valence-corrected chi connectivity index (χ2v) is 6.79. The van der Waals surface area contributed by atoms with Crippen LogP contribution in [0.4, 0.5) is 17.1 Å². The summed E-state index contributed by atoms with van der Waals surface area (Å²) in [5.41, 5.74) is 0.678. The van der Waals surface area contributed by atoms with E-state index >= 15 is 0 Å². The van der Waals surface area contributed by atoms with Crippen molar-refractivity contribution in [3.63, 3.8) is 0 Å². The lowest BCUT2D eigenvalue weighted by molar-refractivity contribution is -0.384. The van der Waals surface area contributed by atoms with Gasteiger partial charge in [-0.15, -0.1) is 10.2 Å². The molecule has 0 saturated heterocycles. The average molecular weight is 364 g/mol. The lowest BCUT2D eigenvalue weighted by atomic mass is 9.86. The molecule has 0 bridgehead atoms. The summed E-state index contributed by atoms with van der Waals surface area (Å²) in [6.07, 6.45) is 0. The van der Waals surface area contributed by atoms with Gasteiger partial charge in [0, 0.05) is 23.8 Å². The fourth-order valence-corrected chi connectivity index (χ4v) is 2.37. The largest absolute Gasteiger partial charge is 0.505 e. The van der Waals surface area contributed by atoms with E-state index in [0.29, 0.717) is 11.3 Å². The lowest BCUT2D eigenvalue weighted by Gasteiger charge is -2.21. The van der Waals surface area contributed by atoms with E-state index in [0.717, 1.165) is 0 Å². The molecule has 0 unspecified atom stereocenters. The van der Waals surface area contributed by atoms with Crippen molar-refractivity contribution in [1.82, 2.24) is 0 Å². The minimum atomic E-state index is -0.545. The van der Waals surface area contributed by atoms with Crippen LogP contribution in [0.1, 0.15) is 26.3 Å². The summed E-state index contributed by atoms with van der Waals surface area (Å²) >= 11 is 6.00. The maximum Gasteiger partial charge on any atom is 0.271 e. The molecule has 2 aromatic rings. The third-order valence-corrected chi connectivity index (χ3v) is 3.82. The molecular weight excluding hydrogens is 346 g/mol. The normalized spacial score (nSPS) is 11.7. The van der Waals surface area contributed by atoms with Crippen molar-refractivity contribution >= 4 is 28.7 Å². The molecule has 2 aromatic carbocycles. The number of hydrogen-bond acceptors (Lipinski definition) is 6. The van der Waals surface area contributed by atoms with E-state index in [1.54, 1.807) is 12.1 Å². The van der Waals surface area contributed by atoms with Crippen molar-refractivity contribution in [3.05, 3.63) is 51.0 Å². The zero-order valence-electron chi connectivity index (χ0n) is 14.3. The van der Waals surface area contributed by atoms with Crippen LogP contribution in [0, 0.1) is 10.1 Å². The minimum Gasteiger partial charge on any atom is -0.505 e. The third-order valence-electron chi connectivity index (χ3n) is 3.51. The Bertz CT molecular complexity index is 845. The molecule has 0 amide bonds. The van der Waals surface area contributed by atoms with Gasteiger partial charge in [-0.25, -0.2) is 0 Å². The molecule has 1 N–H and O–H groups in total. The number of nitrogens with zero attached hydrogens (tertiary/aromatic N) is 3. The molecule has 0 saturated carbocycles. The molecule has 0 spiro atoms. The van der Waals surface area contributed by atoms with Crippen LogP contribution in [0.3, 0.4) is 0 Å². The fraction of sp³-hybridized carbons (Fsp3) is 0.294. The Balaban J connectivity index is 2.46. The number of rotatable bonds is 4. The highest BCUT2D eigenvalue weighted by molar-refractivity contribution is 6.33. The number of non-ortho nitro benzene ring substituents is 1. The molecule has 132 valence electrons. The van der Waals surface area contributed by atoms with E-state index in [1.165, 1.54) is 25.3 Å². The number of ether oxygens (including phenoxy) is 1. The summed E-state index contributed by atoms with van der Waals surface area (Å²) in [6, 6.07) is 7.17. The quantitative estimate of drug-likeness (QED) is 0.429. The predicted octanol–water partition coefficient (Wildman–Crippen LogP) is 5.68. The lowest BCUT2D eigenvalue weighted by Crippen LogP contribution is -2.11. The summed E-state index contributed by atoms with van der Waals surface area (Å²) in [5.74, 6) is 0.529. The Kier molecular flexibility index (Phi) is 5.27. The van der Waals surface area contributed by atoms with Crippen LogP contribution in [0.5, 0.6) is 11.5 Å². The highest BCUT2D eigenvalue weighted by atomic mass is 35.5. The van der Waals surface area contributed by atoms with Crippen molar-refractivity contribution < 1.29 is 14.8 Å². The van der Waals surface area contributed by atoms with Crippen molar-refractivity contribution in [2.45, 2.75) is 26.2 Å². The first-order valence-corrected chi connectivity index (χ1v) is 7.78. The van der Waals surface area contributed by atoms with Gasteiger partial charge in [0.05, 0.1) is 17.1 Å². The van der Waals surface area contributed by atoms with E-state index in [-0.39, 0.29) is 33.2 Å². The number of hydrogen-bond donors (Lipinski definition) is 1. The summed E-state index contributed by atoms with van der Waals surface area (Å²) in [5, 5.41) is 29.3. The van der Waals surface area contributed by atoms with E-state index in [1.807, 2.05) is 20.8 Å². The van der Waals surface area contributed by atoms with Gasteiger partial charge in [0.25, 0.3) is 5.69 Å². The molecule has 2 rings (SSSR count). The SMILES string of the molecule is COc1cc(N=Nc2ccc([N+](=O)[O-])cc2Cl)c(O)c(C(C)(C)C)c1. The number of halogens is 1. The molecule has 0 aliphatic carbocycles. The van der Waals surface area contributed by atoms with Crippen LogP contribution in [-0.2, 0) is 5.41 Å². The van der Waals surface area contributed by atoms with E-state index in [2.05, 4.69) is 10.2 Å². The molecule has 0 atom stereocenters. The Morgan fingerprint density at radius 2 is 1.80 bits per heavy atom. The molecule has 0 aromatic heterocycles. The molecule has 0 radical (unpaired) electrons. The van der Waals surface area contributed by atoms with E-state index < -0.39 is 4.92 Å². The maximum absolute atomic E-state index is 10.7. The van der Waals surface area contributed by atoms with Crippen LogP contribution in [0.25, 0.3) is 0 Å². The summed E-state index contributed by atoms with van der Waals surface area (Å²) in [4.78, 5) is 10.2. The Morgan fingerprint density at radius 1 is 1.16 bits per heavy atom. The Hall–Kier alpha value is -2.67. The van der Waals surface area contributed by atoms with Gasteiger partial charge >= 0.3 is 0 Å².